The van der Waals surface area contributed by atoms with E-state index in [-0.39, 0.29) is 5.97 Å². The fourth-order valence-corrected chi connectivity index (χ4v) is 2.51. The zero-order valence-electron chi connectivity index (χ0n) is 15.6. The molecule has 0 amide bonds. The van der Waals surface area contributed by atoms with Gasteiger partial charge in [-0.15, -0.1) is 0 Å². The standard InChI is InChI=1S/C19H38O4/c1-4-6-8-9-12-18(11-7-5-2)17-23-19(20)13-10-14-22-16-15-21-3/h18H,4-17H2,1-3H3. The lowest BCUT2D eigenvalue weighted by atomic mass is 9.96. The number of hydrogen-bond donors (Lipinski definition) is 0. The first-order valence-corrected chi connectivity index (χ1v) is 9.46. The van der Waals surface area contributed by atoms with E-state index in [1.165, 1.54) is 51.4 Å². The monoisotopic (exact) mass is 330 g/mol. The van der Waals surface area contributed by atoms with E-state index in [1.54, 1.807) is 7.11 Å². The van der Waals surface area contributed by atoms with Crippen molar-refractivity contribution in [3.63, 3.8) is 0 Å². The van der Waals surface area contributed by atoms with E-state index in [9.17, 15) is 4.79 Å². The summed E-state index contributed by atoms with van der Waals surface area (Å²) in [6, 6.07) is 0. The second kappa shape index (κ2) is 17.7. The molecule has 1 atom stereocenters. The Labute approximate surface area is 143 Å². The van der Waals surface area contributed by atoms with Crippen LogP contribution in [0, 0.1) is 5.92 Å². The number of methoxy groups -OCH3 is 1. The molecule has 0 aliphatic carbocycles. The molecule has 0 rings (SSSR count). The Kier molecular flexibility index (Phi) is 17.3. The zero-order chi connectivity index (χ0) is 17.2. The second-order valence-electron chi connectivity index (χ2n) is 6.25. The van der Waals surface area contributed by atoms with Crippen molar-refractivity contribution < 1.29 is 19.0 Å². The van der Waals surface area contributed by atoms with E-state index in [0.717, 1.165) is 6.42 Å². The van der Waals surface area contributed by atoms with E-state index >= 15 is 0 Å². The van der Waals surface area contributed by atoms with Gasteiger partial charge in [-0.3, -0.25) is 4.79 Å². The largest absolute Gasteiger partial charge is 0.465 e. The van der Waals surface area contributed by atoms with Crippen molar-refractivity contribution >= 4 is 5.97 Å². The third kappa shape index (κ3) is 16.0. The van der Waals surface area contributed by atoms with Crippen molar-refractivity contribution in [2.24, 2.45) is 5.92 Å². The zero-order valence-corrected chi connectivity index (χ0v) is 15.6. The first-order chi connectivity index (χ1) is 11.2. The van der Waals surface area contributed by atoms with Crippen molar-refractivity contribution in [1.29, 1.82) is 0 Å². The minimum Gasteiger partial charge on any atom is -0.465 e. The molecule has 138 valence electrons. The number of ether oxygens (including phenoxy) is 3. The van der Waals surface area contributed by atoms with Gasteiger partial charge in [0.15, 0.2) is 0 Å². The Morgan fingerprint density at radius 2 is 1.61 bits per heavy atom. The van der Waals surface area contributed by atoms with Crippen LogP contribution < -0.4 is 0 Å². The summed E-state index contributed by atoms with van der Waals surface area (Å²) in [6.45, 7) is 6.81. The fourth-order valence-electron chi connectivity index (χ4n) is 2.51. The maximum atomic E-state index is 11.8. The van der Waals surface area contributed by atoms with Crippen LogP contribution in [0.2, 0.25) is 0 Å². The minimum absolute atomic E-state index is 0.0876. The van der Waals surface area contributed by atoms with Crippen LogP contribution >= 0.6 is 0 Å². The van der Waals surface area contributed by atoms with Gasteiger partial charge in [0.25, 0.3) is 0 Å². The van der Waals surface area contributed by atoms with Crippen LogP contribution in [-0.2, 0) is 19.0 Å². The molecule has 23 heavy (non-hydrogen) atoms. The molecule has 0 radical (unpaired) electrons. The van der Waals surface area contributed by atoms with Crippen molar-refractivity contribution in [3.8, 4) is 0 Å². The van der Waals surface area contributed by atoms with Gasteiger partial charge >= 0.3 is 5.97 Å². The van der Waals surface area contributed by atoms with Gasteiger partial charge < -0.3 is 14.2 Å². The molecule has 0 bridgehead atoms. The number of carbonyl (C=O) groups excluding carboxylic acids is 1. The molecule has 0 aliphatic rings. The lowest BCUT2D eigenvalue weighted by Gasteiger charge is -2.16. The first-order valence-electron chi connectivity index (χ1n) is 9.46. The van der Waals surface area contributed by atoms with Gasteiger partial charge in [0.05, 0.1) is 19.8 Å². The number of carbonyl (C=O) groups is 1. The summed E-state index contributed by atoms with van der Waals surface area (Å²) in [4.78, 5) is 11.8. The van der Waals surface area contributed by atoms with E-state index in [4.69, 9.17) is 14.2 Å². The van der Waals surface area contributed by atoms with Gasteiger partial charge in [-0.25, -0.2) is 0 Å². The van der Waals surface area contributed by atoms with Crippen LogP contribution in [-0.4, -0.2) is 39.5 Å². The molecule has 0 aromatic heterocycles. The summed E-state index contributed by atoms with van der Waals surface area (Å²) in [6.07, 6.45) is 11.1. The summed E-state index contributed by atoms with van der Waals surface area (Å²) in [5.41, 5.74) is 0. The molecule has 0 aliphatic heterocycles. The highest BCUT2D eigenvalue weighted by atomic mass is 16.5. The van der Waals surface area contributed by atoms with Crippen LogP contribution in [0.4, 0.5) is 0 Å². The minimum atomic E-state index is -0.0876. The van der Waals surface area contributed by atoms with Crippen LogP contribution in [0.15, 0.2) is 0 Å². The number of esters is 1. The molecule has 1 unspecified atom stereocenters. The summed E-state index contributed by atoms with van der Waals surface area (Å²) in [5, 5.41) is 0. The molecular weight excluding hydrogens is 292 g/mol. The molecule has 0 heterocycles. The smallest absolute Gasteiger partial charge is 0.305 e. The molecule has 4 heteroatoms. The second-order valence-corrected chi connectivity index (χ2v) is 6.25. The maximum absolute atomic E-state index is 11.8. The topological polar surface area (TPSA) is 44.8 Å². The predicted molar refractivity (Wildman–Crippen MR) is 94.7 cm³/mol. The lowest BCUT2D eigenvalue weighted by molar-refractivity contribution is -0.145. The van der Waals surface area contributed by atoms with Gasteiger partial charge in [-0.2, -0.15) is 0 Å². The lowest BCUT2D eigenvalue weighted by Crippen LogP contribution is -2.15. The van der Waals surface area contributed by atoms with Crippen LogP contribution in [0.1, 0.15) is 78.1 Å². The van der Waals surface area contributed by atoms with Crippen LogP contribution in [0.3, 0.4) is 0 Å². The van der Waals surface area contributed by atoms with Gasteiger partial charge in [0, 0.05) is 20.1 Å². The van der Waals surface area contributed by atoms with E-state index < -0.39 is 0 Å². The average molecular weight is 331 g/mol. The summed E-state index contributed by atoms with van der Waals surface area (Å²) >= 11 is 0. The Balaban J connectivity index is 3.73. The summed E-state index contributed by atoms with van der Waals surface area (Å²) in [5.74, 6) is 0.448. The van der Waals surface area contributed by atoms with Gasteiger partial charge in [-0.05, 0) is 25.2 Å². The van der Waals surface area contributed by atoms with Crippen molar-refractivity contribution in [1.82, 2.24) is 0 Å². The average Bonchev–Trinajstić information content (AvgIpc) is 2.56. The maximum Gasteiger partial charge on any atom is 0.305 e. The van der Waals surface area contributed by atoms with Crippen molar-refractivity contribution in [2.75, 3.05) is 33.5 Å². The van der Waals surface area contributed by atoms with E-state index in [2.05, 4.69) is 13.8 Å². The van der Waals surface area contributed by atoms with E-state index in [0.29, 0.717) is 38.8 Å². The molecule has 0 aromatic rings. The van der Waals surface area contributed by atoms with Gasteiger partial charge in [0.2, 0.25) is 0 Å². The summed E-state index contributed by atoms with van der Waals surface area (Å²) in [7, 11) is 1.65. The Morgan fingerprint density at radius 1 is 0.870 bits per heavy atom. The third-order valence-electron chi connectivity index (χ3n) is 4.01. The number of rotatable bonds is 17. The third-order valence-corrected chi connectivity index (χ3v) is 4.01. The highest BCUT2D eigenvalue weighted by Crippen LogP contribution is 2.18. The molecule has 0 spiro atoms. The molecule has 0 fully saturated rings. The number of unbranched alkanes of at least 4 members (excludes halogenated alkanes) is 4. The van der Waals surface area contributed by atoms with Gasteiger partial charge in [0.1, 0.15) is 0 Å². The Hall–Kier alpha value is -0.610. The van der Waals surface area contributed by atoms with Crippen molar-refractivity contribution in [2.45, 2.75) is 78.1 Å². The normalized spacial score (nSPS) is 12.3. The van der Waals surface area contributed by atoms with Crippen LogP contribution in [0.5, 0.6) is 0 Å². The van der Waals surface area contributed by atoms with Crippen molar-refractivity contribution in [3.05, 3.63) is 0 Å². The van der Waals surface area contributed by atoms with E-state index in [1.807, 2.05) is 0 Å². The summed E-state index contributed by atoms with van der Waals surface area (Å²) < 4.78 is 15.7. The first kappa shape index (κ1) is 22.4. The molecule has 0 saturated heterocycles. The molecule has 0 aromatic carbocycles. The van der Waals surface area contributed by atoms with Gasteiger partial charge in [-0.1, -0.05) is 52.4 Å². The molecule has 4 nitrogen and oxygen atoms in total. The molecule has 0 N–H and O–H groups in total. The highest BCUT2D eigenvalue weighted by Gasteiger charge is 2.11. The molecular formula is C19H38O4. The SMILES string of the molecule is CCCCCCC(CCCC)COC(=O)CCCOCCOC. The highest BCUT2D eigenvalue weighted by molar-refractivity contribution is 5.69. The molecule has 0 saturated carbocycles. The Morgan fingerprint density at radius 3 is 2.30 bits per heavy atom. The quantitative estimate of drug-likeness (QED) is 0.285. The van der Waals surface area contributed by atoms with Crippen LogP contribution in [0.25, 0.3) is 0 Å². The predicted octanol–water partition coefficient (Wildman–Crippen LogP) is 4.75. The number of hydrogen-bond acceptors (Lipinski definition) is 4. The Bertz CT molecular complexity index is 256. The fraction of sp³-hybridized carbons (Fsp3) is 0.947.